The molecule has 2 saturated heterocycles. The number of benzene rings is 1. The van der Waals surface area contributed by atoms with Crippen LogP contribution in [0.2, 0.25) is 0 Å². The van der Waals surface area contributed by atoms with Crippen molar-refractivity contribution in [2.45, 2.75) is 6.42 Å². The van der Waals surface area contributed by atoms with Gasteiger partial charge in [0.2, 0.25) is 5.91 Å². The SMILES string of the molecule is CN(CC1CCN(c2ccccc2)C1)C(=O)CN1CCOC1=O. The Morgan fingerprint density at radius 2 is 2.09 bits per heavy atom. The molecule has 2 aliphatic rings. The fourth-order valence-corrected chi connectivity index (χ4v) is 3.20. The first kappa shape index (κ1) is 15.6. The summed E-state index contributed by atoms with van der Waals surface area (Å²) in [7, 11) is 1.81. The molecule has 23 heavy (non-hydrogen) atoms. The van der Waals surface area contributed by atoms with E-state index in [4.69, 9.17) is 4.74 Å². The van der Waals surface area contributed by atoms with E-state index in [2.05, 4.69) is 17.0 Å². The number of nitrogens with zero attached hydrogens (tertiary/aromatic N) is 3. The number of para-hydroxylation sites is 1. The van der Waals surface area contributed by atoms with Gasteiger partial charge in [-0.3, -0.25) is 9.69 Å². The number of hydrogen-bond acceptors (Lipinski definition) is 4. The number of anilines is 1. The largest absolute Gasteiger partial charge is 0.448 e. The monoisotopic (exact) mass is 317 g/mol. The third-order valence-electron chi connectivity index (χ3n) is 4.54. The van der Waals surface area contributed by atoms with Crippen LogP contribution in [0.3, 0.4) is 0 Å². The minimum absolute atomic E-state index is 0.0259. The van der Waals surface area contributed by atoms with E-state index in [0.717, 1.165) is 26.1 Å². The van der Waals surface area contributed by atoms with E-state index in [0.29, 0.717) is 19.1 Å². The molecule has 2 heterocycles. The van der Waals surface area contributed by atoms with Crippen LogP contribution in [0.15, 0.2) is 30.3 Å². The van der Waals surface area contributed by atoms with Gasteiger partial charge in [0.25, 0.3) is 0 Å². The average molecular weight is 317 g/mol. The maximum absolute atomic E-state index is 12.2. The summed E-state index contributed by atoms with van der Waals surface area (Å²) < 4.78 is 4.85. The molecule has 0 radical (unpaired) electrons. The van der Waals surface area contributed by atoms with Gasteiger partial charge in [-0.15, -0.1) is 0 Å². The predicted molar refractivity (Wildman–Crippen MR) is 87.3 cm³/mol. The van der Waals surface area contributed by atoms with E-state index < -0.39 is 0 Å². The third kappa shape index (κ3) is 3.75. The van der Waals surface area contributed by atoms with Crippen LogP contribution in [0.5, 0.6) is 0 Å². The van der Waals surface area contributed by atoms with Crippen molar-refractivity contribution < 1.29 is 14.3 Å². The van der Waals surface area contributed by atoms with Gasteiger partial charge in [0.15, 0.2) is 0 Å². The van der Waals surface area contributed by atoms with Crippen LogP contribution in [0.4, 0.5) is 10.5 Å². The quantitative estimate of drug-likeness (QED) is 0.824. The molecule has 2 aliphatic heterocycles. The third-order valence-corrected chi connectivity index (χ3v) is 4.54. The Bertz CT molecular complexity index is 563. The topological polar surface area (TPSA) is 53.1 Å². The summed E-state index contributed by atoms with van der Waals surface area (Å²) in [6, 6.07) is 10.4. The van der Waals surface area contributed by atoms with Crippen LogP contribution >= 0.6 is 0 Å². The molecule has 1 unspecified atom stereocenters. The van der Waals surface area contributed by atoms with Crippen molar-refractivity contribution in [3.8, 4) is 0 Å². The maximum Gasteiger partial charge on any atom is 0.410 e. The summed E-state index contributed by atoms with van der Waals surface area (Å²) in [5.74, 6) is 0.441. The van der Waals surface area contributed by atoms with E-state index in [-0.39, 0.29) is 18.5 Å². The first-order chi connectivity index (χ1) is 11.1. The van der Waals surface area contributed by atoms with Crippen LogP contribution in [-0.2, 0) is 9.53 Å². The van der Waals surface area contributed by atoms with E-state index >= 15 is 0 Å². The van der Waals surface area contributed by atoms with Crippen molar-refractivity contribution in [3.05, 3.63) is 30.3 Å². The number of cyclic esters (lactones) is 1. The molecule has 6 heteroatoms. The van der Waals surface area contributed by atoms with Gasteiger partial charge in [0.1, 0.15) is 13.2 Å². The van der Waals surface area contributed by atoms with Gasteiger partial charge in [-0.25, -0.2) is 4.79 Å². The van der Waals surface area contributed by atoms with Crippen molar-refractivity contribution in [3.63, 3.8) is 0 Å². The highest BCUT2D eigenvalue weighted by Gasteiger charge is 2.28. The average Bonchev–Trinajstić information content (AvgIpc) is 3.18. The molecule has 1 aromatic carbocycles. The van der Waals surface area contributed by atoms with E-state index in [1.54, 1.807) is 4.90 Å². The van der Waals surface area contributed by atoms with Crippen LogP contribution < -0.4 is 4.90 Å². The summed E-state index contributed by atoms with van der Waals surface area (Å²) in [5, 5.41) is 0. The van der Waals surface area contributed by atoms with Crippen LogP contribution in [0, 0.1) is 5.92 Å². The maximum atomic E-state index is 12.2. The Balaban J connectivity index is 1.47. The normalized spacial score (nSPS) is 20.7. The summed E-state index contributed by atoms with van der Waals surface area (Å²) in [4.78, 5) is 29.2. The fraction of sp³-hybridized carbons (Fsp3) is 0.529. The number of amides is 2. The number of carbonyl (C=O) groups excluding carboxylic acids is 2. The molecule has 0 spiro atoms. The number of likely N-dealkylation sites (N-methyl/N-ethyl adjacent to an activating group) is 1. The second kappa shape index (κ2) is 6.89. The summed E-state index contributed by atoms with van der Waals surface area (Å²) >= 11 is 0. The number of hydrogen-bond donors (Lipinski definition) is 0. The molecule has 0 bridgehead atoms. The molecular formula is C17H23N3O3. The number of ether oxygens (including phenoxy) is 1. The lowest BCUT2D eigenvalue weighted by atomic mass is 10.1. The molecule has 0 aromatic heterocycles. The Labute approximate surface area is 136 Å². The van der Waals surface area contributed by atoms with E-state index in [9.17, 15) is 9.59 Å². The van der Waals surface area contributed by atoms with Gasteiger partial charge in [-0.2, -0.15) is 0 Å². The van der Waals surface area contributed by atoms with Gasteiger partial charge >= 0.3 is 6.09 Å². The molecule has 2 fully saturated rings. The van der Waals surface area contributed by atoms with Crippen molar-refractivity contribution >= 4 is 17.7 Å². The lowest BCUT2D eigenvalue weighted by molar-refractivity contribution is -0.130. The Kier molecular flexibility index (Phi) is 4.69. The minimum Gasteiger partial charge on any atom is -0.448 e. The van der Waals surface area contributed by atoms with Gasteiger partial charge in [-0.1, -0.05) is 18.2 Å². The zero-order valence-electron chi connectivity index (χ0n) is 13.5. The van der Waals surface area contributed by atoms with E-state index in [1.807, 2.05) is 25.2 Å². The van der Waals surface area contributed by atoms with Crippen molar-refractivity contribution in [2.75, 3.05) is 51.3 Å². The zero-order valence-corrected chi connectivity index (χ0v) is 13.5. The Morgan fingerprint density at radius 1 is 1.30 bits per heavy atom. The van der Waals surface area contributed by atoms with Gasteiger partial charge in [-0.05, 0) is 24.5 Å². The zero-order chi connectivity index (χ0) is 16.2. The standard InChI is InChI=1S/C17H23N3O3/c1-18(16(21)13-20-9-10-23-17(20)22)11-14-7-8-19(12-14)15-5-3-2-4-6-15/h2-6,14H,7-13H2,1H3. The molecule has 6 nitrogen and oxygen atoms in total. The predicted octanol–water partition coefficient (Wildman–Crippen LogP) is 1.42. The number of rotatable bonds is 5. The van der Waals surface area contributed by atoms with Gasteiger partial charge in [0.05, 0.1) is 6.54 Å². The molecule has 0 aliphatic carbocycles. The van der Waals surface area contributed by atoms with Crippen molar-refractivity contribution in [1.29, 1.82) is 0 Å². The van der Waals surface area contributed by atoms with Gasteiger partial charge < -0.3 is 14.5 Å². The molecule has 3 rings (SSSR count). The number of carbonyl (C=O) groups is 2. The molecule has 1 aromatic rings. The van der Waals surface area contributed by atoms with Gasteiger partial charge in [0, 0.05) is 32.4 Å². The smallest absolute Gasteiger partial charge is 0.410 e. The van der Waals surface area contributed by atoms with E-state index in [1.165, 1.54) is 10.6 Å². The molecule has 0 saturated carbocycles. The Hall–Kier alpha value is -2.24. The highest BCUT2D eigenvalue weighted by atomic mass is 16.6. The molecule has 2 amide bonds. The molecule has 124 valence electrons. The summed E-state index contributed by atoms with van der Waals surface area (Å²) in [6.45, 7) is 3.71. The molecule has 1 atom stereocenters. The first-order valence-corrected chi connectivity index (χ1v) is 8.09. The van der Waals surface area contributed by atoms with Crippen molar-refractivity contribution in [1.82, 2.24) is 9.80 Å². The molecular weight excluding hydrogens is 294 g/mol. The highest BCUT2D eigenvalue weighted by Crippen LogP contribution is 2.23. The van der Waals surface area contributed by atoms with Crippen LogP contribution in [0.25, 0.3) is 0 Å². The lowest BCUT2D eigenvalue weighted by Crippen LogP contribution is -2.41. The lowest BCUT2D eigenvalue weighted by Gasteiger charge is -2.24. The first-order valence-electron chi connectivity index (χ1n) is 8.09. The molecule has 0 N–H and O–H groups in total. The van der Waals surface area contributed by atoms with Crippen LogP contribution in [-0.4, -0.2) is 68.2 Å². The highest BCUT2D eigenvalue weighted by molar-refractivity contribution is 5.82. The second-order valence-corrected chi connectivity index (χ2v) is 6.25. The fourth-order valence-electron chi connectivity index (χ4n) is 3.20. The van der Waals surface area contributed by atoms with Crippen molar-refractivity contribution in [2.24, 2.45) is 5.92 Å². The minimum atomic E-state index is -0.386. The second-order valence-electron chi connectivity index (χ2n) is 6.25. The summed E-state index contributed by atoms with van der Waals surface area (Å²) in [6.07, 6.45) is 0.695. The summed E-state index contributed by atoms with van der Waals surface area (Å²) in [5.41, 5.74) is 1.24. The Morgan fingerprint density at radius 3 is 2.78 bits per heavy atom. The van der Waals surface area contributed by atoms with Crippen LogP contribution in [0.1, 0.15) is 6.42 Å².